The molecule has 0 aromatic carbocycles. The molecule has 4 saturated heterocycles. The second-order valence-electron chi connectivity index (χ2n) is 13.3. The SMILES string of the molecule is CC(=O)N[C@H]1[C@H]([C@H](O)[C@H](O)CO)O[C@@](O[C@@H]2[C@@H](O)[C@H](O)O[C@H](CO)[C@@H]2O[C@@H]2O[C@H](CO)[C@@H](O[C@H]3O[C@@H](C)[C@H](O)[C@@H](O)[C@H]3O)[C@H](O)[C@H]2O)(C(=O)O)C[C@@H]1O. The Balaban J connectivity index is 1.63. The Hall–Kier alpha value is -1.86. The molecule has 4 aliphatic rings. The number of carboxylic acids is 1. The zero-order valence-corrected chi connectivity index (χ0v) is 28.3. The third kappa shape index (κ3) is 9.08. The Morgan fingerprint density at radius 2 is 1.34 bits per heavy atom. The number of carboxylic acid groups (broad SMARTS) is 1. The maximum atomic E-state index is 12.8. The third-order valence-electron chi connectivity index (χ3n) is 9.54. The van der Waals surface area contributed by atoms with Gasteiger partial charge in [-0.2, -0.15) is 0 Å². The van der Waals surface area contributed by atoms with E-state index < -0.39 is 166 Å². The van der Waals surface area contributed by atoms with Crippen molar-refractivity contribution in [1.82, 2.24) is 5.32 Å². The summed E-state index contributed by atoms with van der Waals surface area (Å²) in [5.41, 5.74) is 0. The highest BCUT2D eigenvalue weighted by molar-refractivity contribution is 5.76. The van der Waals surface area contributed by atoms with Gasteiger partial charge in [-0.25, -0.2) is 4.79 Å². The van der Waals surface area contributed by atoms with E-state index >= 15 is 0 Å². The van der Waals surface area contributed by atoms with Gasteiger partial charge in [-0.3, -0.25) is 4.79 Å². The van der Waals surface area contributed by atoms with Crippen molar-refractivity contribution in [3.05, 3.63) is 0 Å². The molecule has 308 valence electrons. The van der Waals surface area contributed by atoms with Crippen molar-refractivity contribution in [2.24, 2.45) is 0 Å². The summed E-state index contributed by atoms with van der Waals surface area (Å²) in [6.07, 6.45) is -37.1. The van der Waals surface area contributed by atoms with Crippen LogP contribution in [0.3, 0.4) is 0 Å². The van der Waals surface area contributed by atoms with Crippen LogP contribution >= 0.6 is 0 Å². The molecule has 0 aliphatic carbocycles. The molecule has 4 fully saturated rings. The van der Waals surface area contributed by atoms with E-state index in [9.17, 15) is 81.1 Å². The maximum absolute atomic E-state index is 12.8. The molecule has 0 spiro atoms. The van der Waals surface area contributed by atoms with E-state index in [2.05, 4.69) is 5.32 Å². The number of aliphatic hydroxyl groups excluding tert-OH is 13. The van der Waals surface area contributed by atoms with E-state index in [0.29, 0.717) is 0 Å². The normalized spacial score (nSPS) is 47.8. The fourth-order valence-corrected chi connectivity index (χ4v) is 6.59. The summed E-state index contributed by atoms with van der Waals surface area (Å²) >= 11 is 0. The van der Waals surface area contributed by atoms with Gasteiger partial charge in [-0.1, -0.05) is 0 Å². The van der Waals surface area contributed by atoms with Crippen LogP contribution < -0.4 is 5.32 Å². The van der Waals surface area contributed by atoms with Gasteiger partial charge >= 0.3 is 5.97 Å². The number of hydrogen-bond donors (Lipinski definition) is 15. The van der Waals surface area contributed by atoms with Gasteiger partial charge in [0.1, 0.15) is 85.5 Å². The van der Waals surface area contributed by atoms with E-state index in [-0.39, 0.29) is 0 Å². The standard InChI is InChI=1S/C29H49NO23/c1-7-14(37)16(39)18(41)26(47-7)50-21-11(5-32)49-27(19(42)17(21)40)51-22-12(6-33)48-25(44)20(43)24(22)53-29(28(45)46)3-9(35)13(30-8(2)34)23(52-29)15(38)10(36)4-31/h7,9-27,31-33,35-44H,3-6H2,1-2H3,(H,30,34)(H,45,46)/t7-,9-,10+,11+,12+,13+,14-,15+,16+,17+,18+,19+,20+,21+,22-,23+,24+,25+,26+,27-,29-/m0/s1. The Labute approximate surface area is 300 Å². The Kier molecular flexibility index (Phi) is 14.9. The number of carbonyl (C=O) groups is 2. The lowest BCUT2D eigenvalue weighted by Crippen LogP contribution is -2.71. The molecule has 0 unspecified atom stereocenters. The molecule has 53 heavy (non-hydrogen) atoms. The number of aliphatic hydroxyl groups is 13. The molecule has 24 heteroatoms. The number of ether oxygens (including phenoxy) is 7. The number of rotatable bonds is 13. The second-order valence-corrected chi connectivity index (χ2v) is 13.3. The van der Waals surface area contributed by atoms with Crippen LogP contribution in [0.1, 0.15) is 20.3 Å². The minimum absolute atomic E-state index is 0.783. The zero-order chi connectivity index (χ0) is 39.7. The highest BCUT2D eigenvalue weighted by Gasteiger charge is 2.60. The molecule has 0 bridgehead atoms. The minimum Gasteiger partial charge on any atom is -0.477 e. The van der Waals surface area contributed by atoms with E-state index in [1.165, 1.54) is 6.92 Å². The van der Waals surface area contributed by atoms with E-state index in [1.807, 2.05) is 0 Å². The fourth-order valence-electron chi connectivity index (χ4n) is 6.59. The van der Waals surface area contributed by atoms with Crippen molar-refractivity contribution in [3.8, 4) is 0 Å². The lowest BCUT2D eigenvalue weighted by atomic mass is 9.88. The number of amides is 1. The van der Waals surface area contributed by atoms with Crippen molar-refractivity contribution in [2.75, 3.05) is 19.8 Å². The molecule has 21 atom stereocenters. The number of carbonyl (C=O) groups excluding carboxylic acids is 1. The van der Waals surface area contributed by atoms with Gasteiger partial charge in [-0.15, -0.1) is 0 Å². The number of nitrogens with one attached hydrogen (secondary N) is 1. The molecule has 0 aromatic rings. The summed E-state index contributed by atoms with van der Waals surface area (Å²) in [5, 5.41) is 148. The molecule has 4 rings (SSSR count). The first-order valence-corrected chi connectivity index (χ1v) is 16.6. The van der Waals surface area contributed by atoms with Crippen LogP contribution in [0.4, 0.5) is 0 Å². The molecule has 4 aliphatic heterocycles. The van der Waals surface area contributed by atoms with Crippen molar-refractivity contribution in [3.63, 3.8) is 0 Å². The lowest BCUT2D eigenvalue weighted by Gasteiger charge is -2.51. The first-order valence-electron chi connectivity index (χ1n) is 16.6. The van der Waals surface area contributed by atoms with E-state index in [0.717, 1.165) is 6.92 Å². The highest BCUT2D eigenvalue weighted by atomic mass is 16.8. The van der Waals surface area contributed by atoms with Crippen molar-refractivity contribution in [1.29, 1.82) is 0 Å². The van der Waals surface area contributed by atoms with Crippen LogP contribution in [0.25, 0.3) is 0 Å². The van der Waals surface area contributed by atoms with Crippen molar-refractivity contribution < 1.29 is 114 Å². The Morgan fingerprint density at radius 3 is 1.91 bits per heavy atom. The molecular weight excluding hydrogens is 730 g/mol. The Morgan fingerprint density at radius 1 is 0.774 bits per heavy atom. The zero-order valence-electron chi connectivity index (χ0n) is 28.3. The molecule has 15 N–H and O–H groups in total. The average Bonchev–Trinajstić information content (AvgIpc) is 3.11. The summed E-state index contributed by atoms with van der Waals surface area (Å²) in [4.78, 5) is 24.7. The van der Waals surface area contributed by atoms with Crippen molar-refractivity contribution >= 4 is 11.9 Å². The van der Waals surface area contributed by atoms with Crippen LogP contribution in [0.5, 0.6) is 0 Å². The molecule has 0 saturated carbocycles. The Bertz CT molecular complexity index is 1220. The summed E-state index contributed by atoms with van der Waals surface area (Å²) < 4.78 is 38.7. The maximum Gasteiger partial charge on any atom is 0.364 e. The molecule has 24 nitrogen and oxygen atoms in total. The van der Waals surface area contributed by atoms with Gasteiger partial charge in [0.2, 0.25) is 5.91 Å². The summed E-state index contributed by atoms with van der Waals surface area (Å²) in [6, 6.07) is -1.60. The molecular formula is C29H49NO23. The van der Waals surface area contributed by atoms with Crippen LogP contribution in [0.15, 0.2) is 0 Å². The van der Waals surface area contributed by atoms with E-state index in [1.54, 1.807) is 0 Å². The van der Waals surface area contributed by atoms with Gasteiger partial charge in [0.15, 0.2) is 18.9 Å². The first-order chi connectivity index (χ1) is 24.8. The lowest BCUT2D eigenvalue weighted by molar-refractivity contribution is -0.396. The summed E-state index contributed by atoms with van der Waals surface area (Å²) in [7, 11) is 0. The number of hydrogen-bond acceptors (Lipinski definition) is 22. The predicted molar refractivity (Wildman–Crippen MR) is 161 cm³/mol. The molecule has 0 radical (unpaired) electrons. The van der Waals surface area contributed by atoms with Crippen molar-refractivity contribution in [2.45, 2.75) is 149 Å². The molecule has 1 amide bonds. The first kappa shape index (κ1) is 43.9. The summed E-state index contributed by atoms with van der Waals surface area (Å²) in [6.45, 7) is -0.733. The topological polar surface area (TPSA) is 394 Å². The average molecular weight is 780 g/mol. The van der Waals surface area contributed by atoms with Gasteiger partial charge in [0.25, 0.3) is 5.79 Å². The largest absolute Gasteiger partial charge is 0.477 e. The van der Waals surface area contributed by atoms with Crippen LogP contribution in [0.2, 0.25) is 0 Å². The van der Waals surface area contributed by atoms with Gasteiger partial charge in [0.05, 0.1) is 38.1 Å². The number of aliphatic carboxylic acids is 1. The fraction of sp³-hybridized carbons (Fsp3) is 0.931. The van der Waals surface area contributed by atoms with Crippen LogP contribution in [-0.4, -0.2) is 232 Å². The molecule has 0 aromatic heterocycles. The third-order valence-corrected chi connectivity index (χ3v) is 9.54. The van der Waals surface area contributed by atoms with Gasteiger partial charge in [-0.05, 0) is 6.92 Å². The molecule has 4 heterocycles. The second kappa shape index (κ2) is 17.9. The monoisotopic (exact) mass is 779 g/mol. The van der Waals surface area contributed by atoms with Crippen LogP contribution in [0, 0.1) is 0 Å². The predicted octanol–water partition coefficient (Wildman–Crippen LogP) is -9.37. The van der Waals surface area contributed by atoms with Gasteiger partial charge < -0.3 is 110 Å². The quantitative estimate of drug-likeness (QED) is 0.0825. The van der Waals surface area contributed by atoms with Gasteiger partial charge in [0, 0.05) is 13.3 Å². The van der Waals surface area contributed by atoms with E-state index in [4.69, 9.17) is 33.2 Å². The van der Waals surface area contributed by atoms with Crippen LogP contribution in [-0.2, 0) is 42.7 Å². The summed E-state index contributed by atoms with van der Waals surface area (Å²) in [5.74, 6) is -5.92. The smallest absolute Gasteiger partial charge is 0.364 e. The minimum atomic E-state index is -3.12. The highest BCUT2D eigenvalue weighted by Crippen LogP contribution is 2.39.